The third-order valence-corrected chi connectivity index (χ3v) is 3.29. The second-order valence-corrected chi connectivity index (χ2v) is 5.59. The van der Waals surface area contributed by atoms with Crippen molar-refractivity contribution in [3.63, 3.8) is 0 Å². The van der Waals surface area contributed by atoms with Gasteiger partial charge in [-0.25, -0.2) is 8.42 Å². The molecule has 0 aromatic heterocycles. The molecule has 0 saturated carbocycles. The van der Waals surface area contributed by atoms with Crippen molar-refractivity contribution in [1.29, 1.82) is 0 Å². The molecule has 0 fully saturated rings. The zero-order valence-corrected chi connectivity index (χ0v) is 17.4. The summed E-state index contributed by atoms with van der Waals surface area (Å²) in [6, 6.07) is 0. The molecule has 0 bridgehead atoms. The van der Waals surface area contributed by atoms with E-state index >= 15 is 0 Å². The van der Waals surface area contributed by atoms with E-state index < -0.39 is 137 Å². The van der Waals surface area contributed by atoms with Crippen LogP contribution in [0.3, 0.4) is 0 Å². The van der Waals surface area contributed by atoms with Gasteiger partial charge in [0.15, 0.2) is 5.25 Å². The Morgan fingerprint density at radius 3 is 1.97 bits per heavy atom. The minimum absolute atomic E-state index is 0. The van der Waals surface area contributed by atoms with Crippen molar-refractivity contribution in [1.82, 2.24) is 0 Å². The van der Waals surface area contributed by atoms with Crippen molar-refractivity contribution in [2.45, 2.75) is 90.1 Å². The first-order valence-corrected chi connectivity index (χ1v) is 7.98. The Balaban J connectivity index is 0. The molecule has 0 rings (SSSR count). The fourth-order valence-electron chi connectivity index (χ4n) is 1.12. The standard InChI is InChI=1S/C20H38O7S.Na/c1-5-9-11-16(7-3)14-26-19(21)13-18(28(23,24)25)20(22)27-15-17(8-4)12-10-6-2;/h16-18H,5-15H2,1-4H3,(H,23,24,25);/q;+1/p-1/i1D3,2D3,3D3,4D3,5D2,6D2,7D2,8D2,9D2,10D2,11D2,12D2,14D2,15D2,16D,17D;. The molecule has 0 radical (unpaired) electrons. The number of rotatable bonds is 16. The molecular weight excluding hydrogens is 407 g/mol. The Kier molecular flexibility index (Phi) is 3.65. The number of hydrogen-bond acceptors (Lipinski definition) is 7. The predicted octanol–water partition coefficient (Wildman–Crippen LogP) is 0.814. The molecule has 0 amide bonds. The molecule has 3 atom stereocenters. The summed E-state index contributed by atoms with van der Waals surface area (Å²) in [6.45, 7) is -28.2. The molecule has 3 unspecified atom stereocenters. The molecule has 0 aliphatic carbocycles. The van der Waals surface area contributed by atoms with Crippen LogP contribution in [0.15, 0.2) is 0 Å². The molecule has 166 valence electrons. The van der Waals surface area contributed by atoms with Gasteiger partial charge in [0.25, 0.3) is 0 Å². The Hall–Kier alpha value is -0.150. The molecule has 0 aliphatic heterocycles. The Morgan fingerprint density at radius 1 is 1.00 bits per heavy atom. The Labute approximate surface area is 246 Å². The summed E-state index contributed by atoms with van der Waals surface area (Å²) in [6.07, 6.45) is -42.2. The first kappa shape index (κ1) is 6.04. The molecule has 0 aromatic carbocycles. The summed E-state index contributed by atoms with van der Waals surface area (Å²) < 4.78 is 311. The number of ether oxygens (including phenoxy) is 2. The largest absolute Gasteiger partial charge is 1.00 e. The molecule has 7 nitrogen and oxygen atoms in total. The van der Waals surface area contributed by atoms with Crippen molar-refractivity contribution in [2.75, 3.05) is 13.1 Å². The van der Waals surface area contributed by atoms with E-state index in [0.717, 1.165) is 0 Å². The summed E-state index contributed by atoms with van der Waals surface area (Å²) >= 11 is 0. The monoisotopic (exact) mass is 478 g/mol. The van der Waals surface area contributed by atoms with Crippen LogP contribution in [0.1, 0.15) is 131 Å². The van der Waals surface area contributed by atoms with Crippen LogP contribution in [-0.2, 0) is 29.2 Å². The molecule has 0 saturated heterocycles. The molecule has 0 aliphatic rings. The predicted molar refractivity (Wildman–Crippen MR) is 107 cm³/mol. The third-order valence-electron chi connectivity index (χ3n) is 2.23. The summed E-state index contributed by atoms with van der Waals surface area (Å²) in [5.41, 5.74) is 0. The maximum atomic E-state index is 13.2. The summed E-state index contributed by atoms with van der Waals surface area (Å²) in [5.74, 6) is -16.7. The average Bonchev–Trinajstić information content (AvgIpc) is 2.98. The summed E-state index contributed by atoms with van der Waals surface area (Å²) in [7, 11) is -6.72. The minimum Gasteiger partial charge on any atom is -0.747 e. The van der Waals surface area contributed by atoms with Crippen molar-refractivity contribution in [2.24, 2.45) is 11.8 Å². The van der Waals surface area contributed by atoms with E-state index in [0.29, 0.717) is 0 Å². The van der Waals surface area contributed by atoms with Gasteiger partial charge >= 0.3 is 41.5 Å². The van der Waals surface area contributed by atoms with E-state index in [-0.39, 0.29) is 29.6 Å². The van der Waals surface area contributed by atoms with E-state index in [1.807, 2.05) is 0 Å². The van der Waals surface area contributed by atoms with Gasteiger partial charge in [-0.05, 0) is 24.5 Å². The quantitative estimate of drug-likeness (QED) is 0.183. The molecule has 0 heterocycles. The fourth-order valence-corrected chi connectivity index (χ4v) is 1.75. The van der Waals surface area contributed by atoms with Crippen molar-refractivity contribution in [3.8, 4) is 0 Å². The van der Waals surface area contributed by atoms with Gasteiger partial charge < -0.3 is 14.0 Å². The number of esters is 2. The molecular formula is C20H37NaO7S. The van der Waals surface area contributed by atoms with Crippen LogP contribution >= 0.6 is 0 Å². The van der Waals surface area contributed by atoms with Gasteiger partial charge in [0.05, 0.1) is 25.0 Å². The molecule has 0 aromatic rings. The van der Waals surface area contributed by atoms with E-state index in [1.165, 1.54) is 0 Å². The second-order valence-electron chi connectivity index (χ2n) is 4.03. The maximum Gasteiger partial charge on any atom is 1.00 e. The van der Waals surface area contributed by atoms with Gasteiger partial charge in [0.2, 0.25) is 0 Å². The van der Waals surface area contributed by atoms with E-state index in [9.17, 15) is 22.6 Å². The van der Waals surface area contributed by atoms with Crippen LogP contribution in [0, 0.1) is 11.8 Å². The van der Waals surface area contributed by atoms with Crippen LogP contribution in [-0.4, -0.2) is 43.3 Å². The number of hydrogen-bond donors (Lipinski definition) is 0. The Bertz CT molecular complexity index is 1790. The SMILES string of the molecule is [2H]C([2H])([2H])C([2H])([2H])C([2H])([2H])C([2H])([2H])C([2H])(C([2H])([2H])OC(=O)CC(C(=O)OC([2H])([2H])C([2H])(C([2H])([2H])C([2H])([2H])[2H])C([2H])([2H])C([2H])([2H])C([2H])([2H])C([2H])([2H])[2H])S(=O)(=O)[O-])C([2H])([2H])C([2H])([2H])[2H].[Na+]. The second kappa shape index (κ2) is 17.5. The average molecular weight is 479 g/mol. The van der Waals surface area contributed by atoms with Crippen molar-refractivity contribution >= 4 is 22.1 Å². The summed E-state index contributed by atoms with van der Waals surface area (Å²) in [5, 5.41) is -4.02. The molecule has 0 N–H and O–H groups in total. The fraction of sp³-hybridized carbons (Fsp3) is 0.900. The van der Waals surface area contributed by atoms with E-state index in [1.54, 1.807) is 0 Å². The van der Waals surface area contributed by atoms with Gasteiger partial charge in [-0.3, -0.25) is 9.59 Å². The van der Waals surface area contributed by atoms with Gasteiger partial charge in [0.1, 0.15) is 10.1 Å². The van der Waals surface area contributed by atoms with E-state index in [4.69, 9.17) is 46.6 Å². The Morgan fingerprint density at radius 2 is 1.52 bits per heavy atom. The smallest absolute Gasteiger partial charge is 0.747 e. The molecule has 29 heavy (non-hydrogen) atoms. The van der Waals surface area contributed by atoms with Crippen molar-refractivity contribution in [3.05, 3.63) is 0 Å². The molecule has 0 spiro atoms. The first-order valence-electron chi connectivity index (χ1n) is 23.5. The summed E-state index contributed by atoms with van der Waals surface area (Å²) in [4.78, 5) is 26.3. The van der Waals surface area contributed by atoms with Gasteiger partial charge in [0, 0.05) is 41.1 Å². The normalized spacial score (nSPS) is 40.6. The van der Waals surface area contributed by atoms with Gasteiger partial charge in [-0.1, -0.05) is 65.6 Å². The van der Waals surface area contributed by atoms with Crippen LogP contribution < -0.4 is 29.6 Å². The van der Waals surface area contributed by atoms with Crippen molar-refractivity contribution < 1.29 is 108 Å². The van der Waals surface area contributed by atoms with Crippen LogP contribution in [0.25, 0.3) is 0 Å². The zero-order valence-electron chi connectivity index (χ0n) is 48.6. The van der Waals surface area contributed by atoms with Crippen LogP contribution in [0.2, 0.25) is 0 Å². The first-order chi connectivity index (χ1) is 26.1. The number of carbonyl (C=O) groups excluding carboxylic acids is 2. The van der Waals surface area contributed by atoms with Gasteiger partial charge in [-0.2, -0.15) is 0 Å². The minimum atomic E-state index is -6.72. The number of carbonyl (C=O) groups is 2. The molecule has 9 heteroatoms. The van der Waals surface area contributed by atoms with E-state index in [2.05, 4.69) is 9.47 Å². The maximum absolute atomic E-state index is 13.2. The topological polar surface area (TPSA) is 110 Å². The van der Waals surface area contributed by atoms with Crippen LogP contribution in [0.4, 0.5) is 0 Å². The third kappa shape index (κ3) is 14.5. The van der Waals surface area contributed by atoms with Gasteiger partial charge in [-0.15, -0.1) is 0 Å². The zero-order chi connectivity index (χ0) is 51.4. The van der Waals surface area contributed by atoms with Crippen LogP contribution in [0.5, 0.6) is 0 Å².